The molecule has 2 atom stereocenters. The van der Waals surface area contributed by atoms with Gasteiger partial charge in [0.15, 0.2) is 6.10 Å². The summed E-state index contributed by atoms with van der Waals surface area (Å²) in [6.45, 7) is 5.02. The van der Waals surface area contributed by atoms with E-state index < -0.39 is 24.5 Å². The van der Waals surface area contributed by atoms with Crippen LogP contribution in [0, 0.1) is 0 Å². The van der Waals surface area contributed by atoms with E-state index in [9.17, 15) is 9.59 Å². The topological polar surface area (TPSA) is 71.1 Å². The van der Waals surface area contributed by atoms with Crippen LogP contribution in [0.3, 0.4) is 0 Å². The normalized spacial score (nSPS) is 23.9. The first-order valence-corrected chi connectivity index (χ1v) is 4.41. The summed E-state index contributed by atoms with van der Waals surface area (Å²) in [5.41, 5.74) is 0. The van der Waals surface area contributed by atoms with Gasteiger partial charge in [-0.25, -0.2) is 9.59 Å². The van der Waals surface area contributed by atoms with Crippen LogP contribution in [0.1, 0.15) is 6.92 Å². The highest BCUT2D eigenvalue weighted by molar-refractivity contribution is 5.63. The van der Waals surface area contributed by atoms with Crippen LogP contribution in [-0.4, -0.2) is 37.7 Å². The van der Waals surface area contributed by atoms with Gasteiger partial charge in [-0.2, -0.15) is 0 Å². The average molecular weight is 216 g/mol. The van der Waals surface area contributed by atoms with Crippen molar-refractivity contribution in [2.75, 3.05) is 13.2 Å². The Hall–Kier alpha value is -1.72. The highest BCUT2D eigenvalue weighted by Gasteiger charge is 2.34. The minimum absolute atomic E-state index is 0.0787. The predicted octanol–water partition coefficient (Wildman–Crippen LogP) is 1.25. The maximum atomic E-state index is 10.9. The Labute approximate surface area is 86.7 Å². The lowest BCUT2D eigenvalue weighted by molar-refractivity contribution is 0.0226. The molecule has 0 aromatic heterocycles. The molecule has 1 aliphatic heterocycles. The lowest BCUT2D eigenvalue weighted by atomic mass is 10.2. The van der Waals surface area contributed by atoms with E-state index in [2.05, 4.69) is 20.8 Å². The van der Waals surface area contributed by atoms with Gasteiger partial charge >= 0.3 is 12.3 Å². The number of carbonyl (C=O) groups excluding carboxylic acids is 2. The minimum atomic E-state index is -0.829. The maximum Gasteiger partial charge on any atom is 0.509 e. The van der Waals surface area contributed by atoms with Crippen molar-refractivity contribution >= 4 is 12.3 Å². The molecule has 0 spiro atoms. The fourth-order valence-corrected chi connectivity index (χ4v) is 0.963. The van der Waals surface area contributed by atoms with Crippen molar-refractivity contribution in [3.8, 4) is 0 Å². The molecule has 15 heavy (non-hydrogen) atoms. The van der Waals surface area contributed by atoms with Crippen molar-refractivity contribution in [1.29, 1.82) is 0 Å². The number of carbonyl (C=O) groups is 2. The second-order valence-corrected chi connectivity index (χ2v) is 2.89. The quantitative estimate of drug-likeness (QED) is 0.520. The Bertz CT molecular complexity index is 261. The molecule has 0 aliphatic carbocycles. The van der Waals surface area contributed by atoms with Crippen LogP contribution in [-0.2, 0) is 18.9 Å². The van der Waals surface area contributed by atoms with E-state index in [4.69, 9.17) is 4.74 Å². The molecule has 1 aliphatic rings. The molecule has 0 aromatic rings. The molecular formula is C9H12O6. The Morgan fingerprint density at radius 1 is 1.53 bits per heavy atom. The molecule has 0 saturated carbocycles. The number of rotatable bonds is 4. The molecule has 1 heterocycles. The van der Waals surface area contributed by atoms with Gasteiger partial charge in [0, 0.05) is 0 Å². The lowest BCUT2D eigenvalue weighted by Crippen LogP contribution is -2.26. The van der Waals surface area contributed by atoms with Crippen LogP contribution in [0.2, 0.25) is 0 Å². The van der Waals surface area contributed by atoms with Crippen molar-refractivity contribution in [3.63, 3.8) is 0 Å². The van der Waals surface area contributed by atoms with E-state index in [1.165, 1.54) is 6.08 Å². The Kier molecular flexibility index (Phi) is 3.96. The van der Waals surface area contributed by atoms with Crippen molar-refractivity contribution in [2.45, 2.75) is 19.1 Å². The second kappa shape index (κ2) is 5.23. The number of cyclic esters (lactones) is 2. The Morgan fingerprint density at radius 3 is 2.80 bits per heavy atom. The van der Waals surface area contributed by atoms with Gasteiger partial charge in [0.05, 0.1) is 0 Å². The minimum Gasteiger partial charge on any atom is -0.430 e. The van der Waals surface area contributed by atoms with Crippen LogP contribution in [0.25, 0.3) is 0 Å². The summed E-state index contributed by atoms with van der Waals surface area (Å²) in [5.74, 6) is 0. The molecule has 0 bridgehead atoms. The summed E-state index contributed by atoms with van der Waals surface area (Å²) in [6.07, 6.45) is -1.16. The molecule has 1 fully saturated rings. The Balaban J connectivity index is 2.22. The maximum absolute atomic E-state index is 10.9. The first-order chi connectivity index (χ1) is 7.13. The number of hydrogen-bond acceptors (Lipinski definition) is 6. The van der Waals surface area contributed by atoms with Gasteiger partial charge < -0.3 is 18.9 Å². The second-order valence-electron chi connectivity index (χ2n) is 2.89. The third-order valence-electron chi connectivity index (χ3n) is 1.74. The SMILES string of the molecule is C=CCOC(=O)OCC1OC(=O)OC1C. The molecule has 2 unspecified atom stereocenters. The van der Waals surface area contributed by atoms with Crippen LogP contribution < -0.4 is 0 Å². The van der Waals surface area contributed by atoms with Gasteiger partial charge in [0.25, 0.3) is 0 Å². The standard InChI is InChI=1S/C9H12O6/c1-3-4-12-8(10)13-5-7-6(2)14-9(11)15-7/h3,6-7H,1,4-5H2,2H3. The van der Waals surface area contributed by atoms with Gasteiger partial charge in [-0.3, -0.25) is 0 Å². The summed E-state index contributed by atoms with van der Waals surface area (Å²) in [5, 5.41) is 0. The zero-order valence-corrected chi connectivity index (χ0v) is 8.30. The molecule has 0 amide bonds. The number of hydrogen-bond donors (Lipinski definition) is 0. The zero-order chi connectivity index (χ0) is 11.3. The molecule has 0 radical (unpaired) electrons. The lowest BCUT2D eigenvalue weighted by Gasteiger charge is -2.10. The zero-order valence-electron chi connectivity index (χ0n) is 8.30. The van der Waals surface area contributed by atoms with E-state index in [0.29, 0.717) is 0 Å². The monoisotopic (exact) mass is 216 g/mol. The van der Waals surface area contributed by atoms with Crippen LogP contribution in [0.5, 0.6) is 0 Å². The van der Waals surface area contributed by atoms with Crippen molar-refractivity contribution in [1.82, 2.24) is 0 Å². The van der Waals surface area contributed by atoms with Crippen molar-refractivity contribution in [3.05, 3.63) is 12.7 Å². The van der Waals surface area contributed by atoms with E-state index >= 15 is 0 Å². The third kappa shape index (κ3) is 3.49. The van der Waals surface area contributed by atoms with Gasteiger partial charge in [-0.1, -0.05) is 12.7 Å². The fourth-order valence-electron chi connectivity index (χ4n) is 0.963. The molecule has 6 heteroatoms. The van der Waals surface area contributed by atoms with E-state index in [0.717, 1.165) is 0 Å². The molecule has 84 valence electrons. The van der Waals surface area contributed by atoms with Gasteiger partial charge in [0.2, 0.25) is 0 Å². The van der Waals surface area contributed by atoms with Crippen LogP contribution >= 0.6 is 0 Å². The summed E-state index contributed by atoms with van der Waals surface area (Å²) in [4.78, 5) is 21.5. The van der Waals surface area contributed by atoms with E-state index in [1.807, 2.05) is 0 Å². The number of ether oxygens (including phenoxy) is 4. The summed E-state index contributed by atoms with van der Waals surface area (Å²) in [6, 6.07) is 0. The average Bonchev–Trinajstić information content (AvgIpc) is 2.51. The predicted molar refractivity (Wildman–Crippen MR) is 48.3 cm³/mol. The Morgan fingerprint density at radius 2 is 2.27 bits per heavy atom. The van der Waals surface area contributed by atoms with Gasteiger partial charge in [-0.05, 0) is 6.92 Å². The van der Waals surface area contributed by atoms with E-state index in [-0.39, 0.29) is 13.2 Å². The summed E-state index contributed by atoms with van der Waals surface area (Å²) in [7, 11) is 0. The first kappa shape index (κ1) is 11.4. The van der Waals surface area contributed by atoms with Crippen LogP contribution in [0.15, 0.2) is 12.7 Å². The summed E-state index contributed by atoms with van der Waals surface area (Å²) >= 11 is 0. The first-order valence-electron chi connectivity index (χ1n) is 4.41. The highest BCUT2D eigenvalue weighted by atomic mass is 16.8. The molecule has 0 N–H and O–H groups in total. The molecule has 6 nitrogen and oxygen atoms in total. The highest BCUT2D eigenvalue weighted by Crippen LogP contribution is 2.14. The third-order valence-corrected chi connectivity index (χ3v) is 1.74. The molecule has 0 aromatic carbocycles. The van der Waals surface area contributed by atoms with Gasteiger partial charge in [0.1, 0.15) is 19.3 Å². The molecule has 1 rings (SSSR count). The van der Waals surface area contributed by atoms with Crippen molar-refractivity contribution < 1.29 is 28.5 Å². The van der Waals surface area contributed by atoms with Gasteiger partial charge in [-0.15, -0.1) is 0 Å². The largest absolute Gasteiger partial charge is 0.509 e. The smallest absolute Gasteiger partial charge is 0.430 e. The molecular weight excluding hydrogens is 204 g/mol. The summed E-state index contributed by atoms with van der Waals surface area (Å²) < 4.78 is 18.6. The van der Waals surface area contributed by atoms with Crippen LogP contribution in [0.4, 0.5) is 9.59 Å². The fraction of sp³-hybridized carbons (Fsp3) is 0.556. The van der Waals surface area contributed by atoms with Crippen molar-refractivity contribution in [2.24, 2.45) is 0 Å². The molecule has 1 saturated heterocycles. The van der Waals surface area contributed by atoms with E-state index in [1.54, 1.807) is 6.92 Å².